The van der Waals surface area contributed by atoms with Crippen LogP contribution >= 0.6 is 0 Å². The van der Waals surface area contributed by atoms with E-state index in [9.17, 15) is 8.42 Å². The molecule has 0 spiro atoms. The second-order valence-corrected chi connectivity index (χ2v) is 5.24. The lowest BCUT2D eigenvalue weighted by Gasteiger charge is -2.18. The van der Waals surface area contributed by atoms with Crippen LogP contribution in [-0.4, -0.2) is 44.7 Å². The molecule has 0 fully saturated rings. The van der Waals surface area contributed by atoms with Crippen LogP contribution in [0.1, 0.15) is 27.2 Å². The third kappa shape index (κ3) is 4.93. The van der Waals surface area contributed by atoms with Gasteiger partial charge in [-0.15, -0.1) is 0 Å². The topological polar surface area (TPSA) is 49.4 Å². The summed E-state index contributed by atoms with van der Waals surface area (Å²) in [5, 5.41) is 3.09. The molecule has 0 aromatic carbocycles. The molecule has 0 aliphatic heterocycles. The van der Waals surface area contributed by atoms with E-state index in [4.69, 9.17) is 0 Å². The predicted molar refractivity (Wildman–Crippen MR) is 59.9 cm³/mol. The average molecular weight is 222 g/mol. The summed E-state index contributed by atoms with van der Waals surface area (Å²) in [6.45, 7) is 8.34. The van der Waals surface area contributed by atoms with Crippen LogP contribution in [0.4, 0.5) is 0 Å². The summed E-state index contributed by atoms with van der Waals surface area (Å²) < 4.78 is 24.8. The maximum absolute atomic E-state index is 11.6. The summed E-state index contributed by atoms with van der Waals surface area (Å²) in [4.78, 5) is 0. The number of hydrogen-bond acceptors (Lipinski definition) is 3. The van der Waals surface area contributed by atoms with Crippen LogP contribution in [0.5, 0.6) is 0 Å². The Hall–Kier alpha value is -0.130. The molecule has 0 aliphatic carbocycles. The molecule has 4 nitrogen and oxygen atoms in total. The Morgan fingerprint density at radius 1 is 1.07 bits per heavy atom. The molecule has 14 heavy (non-hydrogen) atoms. The second-order valence-electron chi connectivity index (χ2n) is 3.15. The lowest BCUT2D eigenvalue weighted by Crippen LogP contribution is -2.36. The molecule has 0 saturated carbocycles. The van der Waals surface area contributed by atoms with Gasteiger partial charge in [-0.1, -0.05) is 20.8 Å². The highest BCUT2D eigenvalue weighted by molar-refractivity contribution is 7.89. The van der Waals surface area contributed by atoms with Crippen molar-refractivity contribution in [1.29, 1.82) is 0 Å². The van der Waals surface area contributed by atoms with Gasteiger partial charge in [-0.05, 0) is 13.0 Å². The first-order chi connectivity index (χ1) is 6.58. The zero-order valence-electron chi connectivity index (χ0n) is 9.41. The Balaban J connectivity index is 3.94. The number of hydrogen-bond donors (Lipinski definition) is 1. The molecular weight excluding hydrogens is 200 g/mol. The Morgan fingerprint density at radius 2 is 1.64 bits per heavy atom. The van der Waals surface area contributed by atoms with Crippen LogP contribution in [0.25, 0.3) is 0 Å². The largest absolute Gasteiger partial charge is 0.316 e. The van der Waals surface area contributed by atoms with Crippen molar-refractivity contribution in [3.63, 3.8) is 0 Å². The molecule has 5 heteroatoms. The van der Waals surface area contributed by atoms with Crippen LogP contribution in [0.2, 0.25) is 0 Å². The van der Waals surface area contributed by atoms with Crippen molar-refractivity contribution in [3.8, 4) is 0 Å². The van der Waals surface area contributed by atoms with E-state index in [0.29, 0.717) is 19.6 Å². The van der Waals surface area contributed by atoms with Crippen molar-refractivity contribution >= 4 is 10.0 Å². The summed E-state index contributed by atoms with van der Waals surface area (Å²) in [6, 6.07) is 0. The zero-order valence-corrected chi connectivity index (χ0v) is 10.2. The molecule has 0 atom stereocenters. The lowest BCUT2D eigenvalue weighted by atomic mass is 10.5. The minimum absolute atomic E-state index is 0.203. The summed E-state index contributed by atoms with van der Waals surface area (Å²) in [6.07, 6.45) is 1.03. The minimum Gasteiger partial charge on any atom is -0.316 e. The van der Waals surface area contributed by atoms with Gasteiger partial charge < -0.3 is 5.32 Å². The Labute approximate surface area is 87.7 Å². The Morgan fingerprint density at radius 3 is 2.07 bits per heavy atom. The van der Waals surface area contributed by atoms with Gasteiger partial charge in [0.05, 0.1) is 5.75 Å². The van der Waals surface area contributed by atoms with Crippen LogP contribution < -0.4 is 5.32 Å². The molecular formula is C9H22N2O2S. The lowest BCUT2D eigenvalue weighted by molar-refractivity contribution is 0.444. The molecule has 0 saturated heterocycles. The third-order valence-electron chi connectivity index (χ3n) is 2.06. The SMILES string of the molecule is CCCNCCS(=O)(=O)N(CC)CC. The van der Waals surface area contributed by atoms with E-state index < -0.39 is 10.0 Å². The molecule has 0 rings (SSSR count). The van der Waals surface area contributed by atoms with Gasteiger partial charge in [0, 0.05) is 19.6 Å². The van der Waals surface area contributed by atoms with Crippen LogP contribution in [0.15, 0.2) is 0 Å². The third-order valence-corrected chi connectivity index (χ3v) is 4.09. The maximum atomic E-state index is 11.6. The first-order valence-electron chi connectivity index (χ1n) is 5.27. The van der Waals surface area contributed by atoms with Gasteiger partial charge in [0.25, 0.3) is 0 Å². The molecule has 0 bridgehead atoms. The molecule has 0 amide bonds. The summed E-state index contributed by atoms with van der Waals surface area (Å²) in [5.74, 6) is 0.203. The normalized spacial score (nSPS) is 12.3. The fourth-order valence-corrected chi connectivity index (χ4v) is 2.70. The van der Waals surface area contributed by atoms with Gasteiger partial charge in [0.15, 0.2) is 0 Å². The average Bonchev–Trinajstić information content (AvgIpc) is 2.14. The van der Waals surface area contributed by atoms with Crippen molar-refractivity contribution in [2.24, 2.45) is 0 Å². The summed E-state index contributed by atoms with van der Waals surface area (Å²) in [7, 11) is -3.03. The van der Waals surface area contributed by atoms with E-state index in [1.165, 1.54) is 4.31 Å². The molecule has 0 aromatic rings. The smallest absolute Gasteiger partial charge is 0.215 e. The van der Waals surface area contributed by atoms with Crippen LogP contribution in [0.3, 0.4) is 0 Å². The van der Waals surface area contributed by atoms with Gasteiger partial charge in [-0.2, -0.15) is 0 Å². The van der Waals surface area contributed by atoms with Crippen LogP contribution in [-0.2, 0) is 10.0 Å². The fourth-order valence-electron chi connectivity index (χ4n) is 1.25. The van der Waals surface area contributed by atoms with Crippen molar-refractivity contribution in [2.75, 3.05) is 31.9 Å². The maximum Gasteiger partial charge on any atom is 0.215 e. The van der Waals surface area contributed by atoms with E-state index in [0.717, 1.165) is 13.0 Å². The van der Waals surface area contributed by atoms with E-state index in [1.807, 2.05) is 13.8 Å². The van der Waals surface area contributed by atoms with E-state index in [-0.39, 0.29) is 5.75 Å². The highest BCUT2D eigenvalue weighted by atomic mass is 32.2. The van der Waals surface area contributed by atoms with Crippen molar-refractivity contribution in [2.45, 2.75) is 27.2 Å². The van der Waals surface area contributed by atoms with E-state index >= 15 is 0 Å². The van der Waals surface area contributed by atoms with Crippen molar-refractivity contribution in [1.82, 2.24) is 9.62 Å². The number of nitrogens with zero attached hydrogens (tertiary/aromatic N) is 1. The molecule has 0 heterocycles. The van der Waals surface area contributed by atoms with Gasteiger partial charge in [-0.3, -0.25) is 0 Å². The summed E-state index contributed by atoms with van der Waals surface area (Å²) >= 11 is 0. The predicted octanol–water partition coefficient (Wildman–Crippen LogP) is 0.658. The standard InChI is InChI=1S/C9H22N2O2S/c1-4-7-10-8-9-14(12,13)11(5-2)6-3/h10H,4-9H2,1-3H3. The molecule has 86 valence electrons. The number of nitrogens with one attached hydrogen (secondary N) is 1. The van der Waals surface area contributed by atoms with Gasteiger partial charge in [0.1, 0.15) is 0 Å². The van der Waals surface area contributed by atoms with E-state index in [1.54, 1.807) is 0 Å². The monoisotopic (exact) mass is 222 g/mol. The number of rotatable bonds is 8. The molecule has 0 aliphatic rings. The minimum atomic E-state index is -3.03. The molecule has 0 unspecified atom stereocenters. The Kier molecular flexibility index (Phi) is 7.13. The highest BCUT2D eigenvalue weighted by Crippen LogP contribution is 1.99. The zero-order chi connectivity index (χ0) is 11.0. The van der Waals surface area contributed by atoms with Gasteiger partial charge >= 0.3 is 0 Å². The fraction of sp³-hybridized carbons (Fsp3) is 1.00. The van der Waals surface area contributed by atoms with Gasteiger partial charge in [-0.25, -0.2) is 12.7 Å². The van der Waals surface area contributed by atoms with Crippen molar-refractivity contribution in [3.05, 3.63) is 0 Å². The van der Waals surface area contributed by atoms with Gasteiger partial charge in [0.2, 0.25) is 10.0 Å². The first-order valence-corrected chi connectivity index (χ1v) is 6.87. The Bertz CT molecular complexity index is 223. The second kappa shape index (κ2) is 7.20. The first kappa shape index (κ1) is 13.9. The molecule has 0 aromatic heterocycles. The van der Waals surface area contributed by atoms with Crippen LogP contribution in [0, 0.1) is 0 Å². The molecule has 1 N–H and O–H groups in total. The van der Waals surface area contributed by atoms with Crippen molar-refractivity contribution < 1.29 is 8.42 Å². The quantitative estimate of drug-likeness (QED) is 0.614. The summed E-state index contributed by atoms with van der Waals surface area (Å²) in [5.41, 5.74) is 0. The molecule has 0 radical (unpaired) electrons. The highest BCUT2D eigenvalue weighted by Gasteiger charge is 2.17. The van der Waals surface area contributed by atoms with E-state index in [2.05, 4.69) is 12.2 Å². The number of sulfonamides is 1.